The Kier molecular flexibility index (Phi) is 5.35. The van der Waals surface area contributed by atoms with Gasteiger partial charge in [0.25, 0.3) is 0 Å². The van der Waals surface area contributed by atoms with Gasteiger partial charge in [0.1, 0.15) is 0 Å². The molecule has 0 N–H and O–H groups in total. The van der Waals surface area contributed by atoms with Gasteiger partial charge in [0.05, 0.1) is 0 Å². The molecule has 0 amide bonds. The molecule has 0 unspecified atom stereocenters. The quantitative estimate of drug-likeness (QED) is 0.277. The summed E-state index contributed by atoms with van der Waals surface area (Å²) in [5, 5.41) is 21.4. The van der Waals surface area contributed by atoms with Crippen LogP contribution in [0.4, 0.5) is 0 Å². The summed E-state index contributed by atoms with van der Waals surface area (Å²) >= 11 is 0.0588. The average Bonchev–Trinajstić information content (AvgIpc) is 2.40. The third kappa shape index (κ3) is 4.25. The van der Waals surface area contributed by atoms with Crippen LogP contribution in [0, 0.1) is 20.2 Å². The molecule has 7 heteroatoms. The van der Waals surface area contributed by atoms with Gasteiger partial charge in [0.15, 0.2) is 0 Å². The maximum absolute atomic E-state index is 10.7. The molecule has 0 atom stereocenters. The Morgan fingerprint density at radius 3 is 1.26 bits per heavy atom. The molecule has 2 saturated carbocycles. The van der Waals surface area contributed by atoms with E-state index in [1.54, 1.807) is 0 Å². The Morgan fingerprint density at radius 1 is 0.684 bits per heavy atom. The van der Waals surface area contributed by atoms with Crippen molar-refractivity contribution >= 4 is 0 Å². The van der Waals surface area contributed by atoms with E-state index in [-0.39, 0.29) is 43.1 Å². The van der Waals surface area contributed by atoms with Crippen molar-refractivity contribution in [2.24, 2.45) is 0 Å². The molecule has 0 aromatic heterocycles. The van der Waals surface area contributed by atoms with Gasteiger partial charge in [0.2, 0.25) is 0 Å². The molecular weight excluding hydrogens is 363 g/mol. The van der Waals surface area contributed by atoms with Gasteiger partial charge in [-0.1, -0.05) is 0 Å². The van der Waals surface area contributed by atoms with Crippen molar-refractivity contribution in [1.29, 1.82) is 0 Å². The third-order valence-electron chi connectivity index (χ3n) is 4.21. The summed E-state index contributed by atoms with van der Waals surface area (Å²) in [6.07, 6.45) is 6.98. The Hall–Kier alpha value is -0.470. The van der Waals surface area contributed by atoms with Crippen LogP contribution < -0.4 is 21.2 Å². The molecule has 0 saturated heterocycles. The first kappa shape index (κ1) is 14.9. The van der Waals surface area contributed by atoms with E-state index in [9.17, 15) is 20.2 Å². The van der Waals surface area contributed by atoms with Crippen molar-refractivity contribution in [2.45, 2.75) is 71.3 Å². The zero-order valence-electron chi connectivity index (χ0n) is 10.9. The molecule has 6 nitrogen and oxygen atoms in total. The van der Waals surface area contributed by atoms with E-state index in [0.29, 0.717) is 7.85 Å². The normalized spacial score (nSPS) is 36.0. The second-order valence-electron chi connectivity index (χ2n) is 5.51. The summed E-state index contributed by atoms with van der Waals surface area (Å²) in [6.45, 7) is 0. The van der Waals surface area contributed by atoms with Crippen LogP contribution in [0.5, 0.6) is 0 Å². The first-order valence-corrected chi connectivity index (χ1v) is 9.44. The van der Waals surface area contributed by atoms with E-state index in [0.717, 1.165) is 51.4 Å². The monoisotopic (exact) mass is 383 g/mol. The molecule has 0 heterocycles. The molecule has 0 spiro atoms. The molecule has 0 bridgehead atoms. The van der Waals surface area contributed by atoms with Crippen LogP contribution in [0.1, 0.15) is 51.4 Å². The van der Waals surface area contributed by atoms with E-state index >= 15 is 0 Å². The van der Waals surface area contributed by atoms with Crippen LogP contribution in [0.2, 0.25) is 0 Å². The van der Waals surface area contributed by atoms with E-state index in [1.807, 2.05) is 0 Å². The van der Waals surface area contributed by atoms with Crippen LogP contribution >= 0.6 is 0 Å². The molecule has 0 radical (unpaired) electrons. The molecule has 19 heavy (non-hydrogen) atoms. The summed E-state index contributed by atoms with van der Waals surface area (Å²) in [6, 6.07) is -0.629. The molecule has 2 aliphatic carbocycles. The fraction of sp³-hybridized carbons (Fsp3) is 1.00. The van der Waals surface area contributed by atoms with Crippen LogP contribution in [-0.4, -0.2) is 29.8 Å². The molecule has 0 aliphatic heterocycles. The topological polar surface area (TPSA) is 86.3 Å². The number of hydrogen-bond acceptors (Lipinski definition) is 4. The molecule has 110 valence electrons. The van der Waals surface area contributed by atoms with Gasteiger partial charge in [-0.15, -0.1) is 0 Å². The zero-order valence-corrected chi connectivity index (χ0v) is 13.0. The minimum atomic E-state index is -0.314. The molecular formula is C12H20IN2O4-. The van der Waals surface area contributed by atoms with Crippen molar-refractivity contribution in [1.82, 2.24) is 0 Å². The summed E-state index contributed by atoms with van der Waals surface area (Å²) < 4.78 is 1.43. The number of nitrogens with zero attached hydrogens (tertiary/aromatic N) is 2. The van der Waals surface area contributed by atoms with Crippen molar-refractivity contribution < 1.29 is 31.1 Å². The van der Waals surface area contributed by atoms with E-state index in [1.165, 1.54) is 0 Å². The zero-order chi connectivity index (χ0) is 13.8. The number of hydrogen-bond donors (Lipinski definition) is 0. The van der Waals surface area contributed by atoms with Gasteiger partial charge >= 0.3 is 123 Å². The second kappa shape index (κ2) is 6.81. The van der Waals surface area contributed by atoms with Gasteiger partial charge in [-0.25, -0.2) is 0 Å². The number of alkyl halides is 2. The molecule has 0 aromatic carbocycles. The maximum atomic E-state index is 10.7. The average molecular weight is 383 g/mol. The number of halogens is 1. The number of rotatable bonds is 4. The summed E-state index contributed by atoms with van der Waals surface area (Å²) in [4.78, 5) is 21.1. The van der Waals surface area contributed by atoms with E-state index < -0.39 is 0 Å². The van der Waals surface area contributed by atoms with Crippen molar-refractivity contribution in [3.05, 3.63) is 20.2 Å². The summed E-state index contributed by atoms with van der Waals surface area (Å²) in [5.74, 6) is 0. The van der Waals surface area contributed by atoms with Gasteiger partial charge in [-0.2, -0.15) is 0 Å². The van der Waals surface area contributed by atoms with Crippen molar-refractivity contribution in [2.75, 3.05) is 0 Å². The van der Waals surface area contributed by atoms with Gasteiger partial charge in [0, 0.05) is 0 Å². The SMILES string of the molecule is O=[N+]([O-])C1CCC([I-]C2CCC([N+](=O)[O-])CC2)CC1. The Balaban J connectivity index is 1.69. The van der Waals surface area contributed by atoms with Crippen LogP contribution in [0.25, 0.3) is 0 Å². The predicted octanol–water partition coefficient (Wildman–Crippen LogP) is -0.749. The molecule has 2 fully saturated rings. The molecule has 2 rings (SSSR count). The molecule has 0 aromatic rings. The third-order valence-corrected chi connectivity index (χ3v) is 8.73. The minimum absolute atomic E-state index is 0.0588. The Bertz CT molecular complexity index is 305. The van der Waals surface area contributed by atoms with E-state index in [4.69, 9.17) is 0 Å². The van der Waals surface area contributed by atoms with Crippen molar-refractivity contribution in [3.8, 4) is 0 Å². The first-order chi connectivity index (χ1) is 9.06. The van der Waals surface area contributed by atoms with E-state index in [2.05, 4.69) is 0 Å². The standard InChI is InChI=1S/C12H20IN2O4/c16-14(17)11-5-1-9(2-6-11)13-10-3-7-12(8-4-10)15(18)19/h9-12H,1-8H2/q-1. The second-order valence-corrected chi connectivity index (χ2v) is 9.75. The van der Waals surface area contributed by atoms with Crippen LogP contribution in [0.15, 0.2) is 0 Å². The number of nitro groups is 2. The fourth-order valence-corrected chi connectivity index (χ4v) is 7.31. The van der Waals surface area contributed by atoms with Crippen molar-refractivity contribution in [3.63, 3.8) is 0 Å². The Labute approximate surface area is 122 Å². The van der Waals surface area contributed by atoms with Crippen LogP contribution in [-0.2, 0) is 0 Å². The predicted molar refractivity (Wildman–Crippen MR) is 66.1 cm³/mol. The summed E-state index contributed by atoms with van der Waals surface area (Å²) in [5.41, 5.74) is 0. The fourth-order valence-electron chi connectivity index (χ4n) is 3.00. The van der Waals surface area contributed by atoms with Crippen LogP contribution in [0.3, 0.4) is 0 Å². The van der Waals surface area contributed by atoms with Gasteiger partial charge < -0.3 is 0 Å². The van der Waals surface area contributed by atoms with Gasteiger partial charge in [-0.3, -0.25) is 0 Å². The summed E-state index contributed by atoms with van der Waals surface area (Å²) in [7, 11) is 0. The van der Waals surface area contributed by atoms with Gasteiger partial charge in [-0.05, 0) is 0 Å². The Morgan fingerprint density at radius 2 is 1.00 bits per heavy atom. The molecule has 2 aliphatic rings. The first-order valence-electron chi connectivity index (χ1n) is 6.95.